The third-order valence-electron chi connectivity index (χ3n) is 9.82. The molecule has 34 heavy (non-hydrogen) atoms. The van der Waals surface area contributed by atoms with E-state index in [-0.39, 0.29) is 48.1 Å². The Morgan fingerprint density at radius 2 is 1.85 bits per heavy atom. The maximum atomic E-state index is 13.5. The number of ether oxygens (including phenoxy) is 2. The lowest BCUT2D eigenvalue weighted by molar-refractivity contribution is -0.166. The molecule has 0 amide bonds. The van der Waals surface area contributed by atoms with Gasteiger partial charge < -0.3 is 19.7 Å². The number of carboxylic acids is 1. The molecule has 0 heterocycles. The van der Waals surface area contributed by atoms with Gasteiger partial charge in [0.15, 0.2) is 0 Å². The summed E-state index contributed by atoms with van der Waals surface area (Å²) in [6.45, 7) is 10.9. The summed E-state index contributed by atoms with van der Waals surface area (Å²) in [5.74, 6) is 0.133. The van der Waals surface area contributed by atoms with E-state index in [0.29, 0.717) is 18.9 Å². The lowest BCUT2D eigenvalue weighted by Crippen LogP contribution is -2.57. The summed E-state index contributed by atoms with van der Waals surface area (Å²) in [4.78, 5) is 24.8. The first-order chi connectivity index (χ1) is 15.9. The monoisotopic (exact) mass is 474 g/mol. The lowest BCUT2D eigenvalue weighted by atomic mass is 9.45. The van der Waals surface area contributed by atoms with Crippen LogP contribution in [0.2, 0.25) is 0 Å². The molecule has 0 radical (unpaired) electrons. The van der Waals surface area contributed by atoms with Crippen molar-refractivity contribution < 1.29 is 29.3 Å². The minimum atomic E-state index is -1.01. The normalized spacial score (nSPS) is 41.0. The minimum Gasteiger partial charge on any atom is -0.498 e. The maximum Gasteiger partial charge on any atom is 0.313 e. The van der Waals surface area contributed by atoms with Crippen molar-refractivity contribution in [2.45, 2.75) is 97.7 Å². The Morgan fingerprint density at radius 1 is 1.15 bits per heavy atom. The summed E-state index contributed by atoms with van der Waals surface area (Å²) in [5.41, 5.74) is -0.254. The molecule has 6 heteroatoms. The Kier molecular flexibility index (Phi) is 6.69. The van der Waals surface area contributed by atoms with Gasteiger partial charge in [-0.25, -0.2) is 0 Å². The zero-order chi connectivity index (χ0) is 24.9. The molecule has 2 fully saturated rings. The number of allylic oxidation sites excluding steroid dienone is 3. The highest BCUT2D eigenvalue weighted by molar-refractivity contribution is 5.76. The van der Waals surface area contributed by atoms with Gasteiger partial charge >= 0.3 is 11.9 Å². The van der Waals surface area contributed by atoms with Gasteiger partial charge in [-0.1, -0.05) is 19.9 Å². The molecule has 6 nitrogen and oxygen atoms in total. The van der Waals surface area contributed by atoms with Gasteiger partial charge in [-0.05, 0) is 99.5 Å². The fraction of sp³-hybridized carbons (Fsp3) is 0.786. The Labute approximate surface area is 203 Å². The van der Waals surface area contributed by atoms with Gasteiger partial charge in [-0.2, -0.15) is 0 Å². The van der Waals surface area contributed by atoms with Crippen molar-refractivity contribution in [3.05, 3.63) is 23.5 Å². The number of fused-ring (bicyclic) bond motifs is 5. The van der Waals surface area contributed by atoms with Crippen LogP contribution in [-0.4, -0.2) is 40.5 Å². The van der Waals surface area contributed by atoms with Crippen LogP contribution < -0.4 is 0 Å². The molecule has 0 aromatic carbocycles. The van der Waals surface area contributed by atoms with Crippen molar-refractivity contribution in [3.8, 4) is 0 Å². The highest BCUT2D eigenvalue weighted by atomic mass is 16.5. The van der Waals surface area contributed by atoms with Gasteiger partial charge in [0, 0.05) is 12.8 Å². The van der Waals surface area contributed by atoms with Gasteiger partial charge in [0.25, 0.3) is 0 Å². The number of aliphatic carboxylic acids is 1. The molecular weight excluding hydrogens is 432 g/mol. The molecule has 7 atom stereocenters. The van der Waals surface area contributed by atoms with Crippen LogP contribution in [0.3, 0.4) is 0 Å². The lowest BCUT2D eigenvalue weighted by Gasteiger charge is -2.59. The summed E-state index contributed by atoms with van der Waals surface area (Å²) in [7, 11) is 0. The molecule has 0 spiro atoms. The zero-order valence-electron chi connectivity index (χ0n) is 21.4. The number of hydrogen-bond acceptors (Lipinski definition) is 5. The third kappa shape index (κ3) is 4.00. The number of rotatable bonds is 7. The molecule has 4 aliphatic carbocycles. The van der Waals surface area contributed by atoms with Crippen LogP contribution in [0.1, 0.15) is 86.0 Å². The molecule has 4 aliphatic rings. The van der Waals surface area contributed by atoms with Crippen molar-refractivity contribution in [1.29, 1.82) is 0 Å². The summed E-state index contributed by atoms with van der Waals surface area (Å²) >= 11 is 0. The van der Waals surface area contributed by atoms with E-state index in [1.807, 2.05) is 20.8 Å². The highest BCUT2D eigenvalue weighted by Gasteiger charge is 2.65. The van der Waals surface area contributed by atoms with E-state index in [1.54, 1.807) is 0 Å². The molecule has 4 rings (SSSR count). The highest BCUT2D eigenvalue weighted by Crippen LogP contribution is 2.68. The van der Waals surface area contributed by atoms with Crippen LogP contribution in [0.4, 0.5) is 0 Å². The number of hydrogen-bond donors (Lipinski definition) is 2. The summed E-state index contributed by atoms with van der Waals surface area (Å²) < 4.78 is 11.6. The molecular formula is C28H42O6. The Bertz CT molecular complexity index is 889. The van der Waals surface area contributed by atoms with Crippen LogP contribution in [0.5, 0.6) is 0 Å². The average molecular weight is 475 g/mol. The Morgan fingerprint density at radius 3 is 2.50 bits per heavy atom. The predicted octanol–water partition coefficient (Wildman–Crippen LogP) is 5.25. The van der Waals surface area contributed by atoms with E-state index in [1.165, 1.54) is 5.57 Å². The SMILES string of the molecule is CCOC1=CC2=CC(C(=O)OC(C)C)[C@@H]3[C@H](CC[C@@]4(C)[C@H]3CC[C@]4(O)CCC(=O)O)[C@@]2(C)CC1. The second kappa shape index (κ2) is 9.00. The number of carbonyl (C=O) groups is 2. The molecule has 2 saturated carbocycles. The van der Waals surface area contributed by atoms with Gasteiger partial charge in [0.05, 0.1) is 30.0 Å². The van der Waals surface area contributed by atoms with Crippen molar-refractivity contribution in [1.82, 2.24) is 0 Å². The first-order valence-corrected chi connectivity index (χ1v) is 13.2. The molecule has 2 N–H and O–H groups in total. The fourth-order valence-corrected chi connectivity index (χ4v) is 7.99. The minimum absolute atomic E-state index is 0.0293. The first kappa shape index (κ1) is 25.3. The first-order valence-electron chi connectivity index (χ1n) is 13.2. The molecule has 0 aromatic rings. The van der Waals surface area contributed by atoms with Gasteiger partial charge in [0.1, 0.15) is 0 Å². The molecule has 190 valence electrons. The maximum absolute atomic E-state index is 13.5. The van der Waals surface area contributed by atoms with Crippen LogP contribution in [0.15, 0.2) is 23.5 Å². The largest absolute Gasteiger partial charge is 0.498 e. The fourth-order valence-electron chi connectivity index (χ4n) is 7.99. The summed E-state index contributed by atoms with van der Waals surface area (Å²) in [6.07, 6.45) is 9.43. The van der Waals surface area contributed by atoms with Crippen molar-refractivity contribution in [2.75, 3.05) is 6.61 Å². The molecule has 0 aromatic heterocycles. The van der Waals surface area contributed by atoms with Gasteiger partial charge in [-0.3, -0.25) is 9.59 Å². The number of aliphatic hydroxyl groups is 1. The van der Waals surface area contributed by atoms with E-state index in [9.17, 15) is 19.8 Å². The molecule has 0 saturated heterocycles. The Balaban J connectivity index is 1.75. The van der Waals surface area contributed by atoms with Crippen LogP contribution in [0.25, 0.3) is 0 Å². The molecule has 1 unspecified atom stereocenters. The quantitative estimate of drug-likeness (QED) is 0.489. The Hall–Kier alpha value is -1.82. The van der Waals surface area contributed by atoms with Gasteiger partial charge in [-0.15, -0.1) is 0 Å². The van der Waals surface area contributed by atoms with Crippen molar-refractivity contribution in [2.24, 2.45) is 34.5 Å². The second-order valence-electron chi connectivity index (χ2n) is 11.8. The standard InChI is InChI=1S/C28H42O6/c1-6-33-19-7-11-26(4)18(15-19)16-20(25(31)34-17(2)3)24-21(26)8-12-27(5)22(24)9-13-28(27,32)14-10-23(29)30/h15-17,20-22,24,32H,6-14H2,1-5H3,(H,29,30)/t20?,21-,22-,24+,26-,27-,28-/m0/s1. The zero-order valence-corrected chi connectivity index (χ0v) is 21.4. The smallest absolute Gasteiger partial charge is 0.313 e. The summed E-state index contributed by atoms with van der Waals surface area (Å²) in [5, 5.41) is 21.0. The van der Waals surface area contributed by atoms with E-state index in [0.717, 1.165) is 37.9 Å². The van der Waals surface area contributed by atoms with E-state index in [4.69, 9.17) is 9.47 Å². The number of carbonyl (C=O) groups excluding carboxylic acids is 1. The van der Waals surface area contributed by atoms with Crippen LogP contribution in [0, 0.1) is 34.5 Å². The van der Waals surface area contributed by atoms with Crippen LogP contribution in [-0.2, 0) is 19.1 Å². The second-order valence-corrected chi connectivity index (χ2v) is 11.8. The third-order valence-corrected chi connectivity index (χ3v) is 9.82. The number of carboxylic acid groups (broad SMARTS) is 1. The molecule has 0 aliphatic heterocycles. The average Bonchev–Trinajstić information content (AvgIpc) is 3.03. The topological polar surface area (TPSA) is 93.1 Å². The van der Waals surface area contributed by atoms with Crippen molar-refractivity contribution in [3.63, 3.8) is 0 Å². The molecule has 0 bridgehead atoms. The predicted molar refractivity (Wildman–Crippen MR) is 129 cm³/mol. The summed E-state index contributed by atoms with van der Waals surface area (Å²) in [6, 6.07) is 0. The van der Waals surface area contributed by atoms with Crippen molar-refractivity contribution >= 4 is 11.9 Å². The van der Waals surface area contributed by atoms with E-state index in [2.05, 4.69) is 26.0 Å². The van der Waals surface area contributed by atoms with Crippen LogP contribution >= 0.6 is 0 Å². The van der Waals surface area contributed by atoms with E-state index >= 15 is 0 Å². The number of esters is 1. The van der Waals surface area contributed by atoms with E-state index < -0.39 is 17.0 Å². The van der Waals surface area contributed by atoms with Gasteiger partial charge in [0.2, 0.25) is 0 Å².